The third-order valence-corrected chi connectivity index (χ3v) is 2.78. The first-order valence-corrected chi connectivity index (χ1v) is 6.01. The van der Waals surface area contributed by atoms with E-state index in [1.165, 1.54) is 6.42 Å². The zero-order valence-corrected chi connectivity index (χ0v) is 11.3. The lowest BCUT2D eigenvalue weighted by molar-refractivity contribution is 0.270. The fraction of sp³-hybridized carbons (Fsp3) is 0.818. The first-order chi connectivity index (χ1) is 7.75. The van der Waals surface area contributed by atoms with E-state index in [4.69, 9.17) is 4.52 Å². The molecule has 98 valence electrons. The van der Waals surface area contributed by atoms with Crippen LogP contribution in [0.1, 0.15) is 37.9 Å². The number of hydrogen-bond acceptors (Lipinski definition) is 5. The van der Waals surface area contributed by atoms with Crippen molar-refractivity contribution in [2.75, 3.05) is 26.2 Å². The molecule has 0 aliphatic carbocycles. The van der Waals surface area contributed by atoms with Gasteiger partial charge < -0.3 is 9.84 Å². The molecule has 1 aliphatic heterocycles. The van der Waals surface area contributed by atoms with Gasteiger partial charge in [-0.3, -0.25) is 4.90 Å². The van der Waals surface area contributed by atoms with Gasteiger partial charge in [0.25, 0.3) is 0 Å². The second-order valence-electron chi connectivity index (χ2n) is 4.58. The summed E-state index contributed by atoms with van der Waals surface area (Å²) >= 11 is 0. The third kappa shape index (κ3) is 4.26. The molecule has 2 rings (SSSR count). The minimum absolute atomic E-state index is 0. The molecular weight excluding hydrogens is 240 g/mol. The Labute approximate surface area is 108 Å². The van der Waals surface area contributed by atoms with Crippen LogP contribution in [-0.4, -0.2) is 41.2 Å². The highest BCUT2D eigenvalue weighted by Crippen LogP contribution is 2.12. The highest BCUT2D eigenvalue weighted by molar-refractivity contribution is 5.85. The lowest BCUT2D eigenvalue weighted by Gasteiger charge is -2.16. The van der Waals surface area contributed by atoms with Crippen LogP contribution in [0.4, 0.5) is 0 Å². The third-order valence-electron chi connectivity index (χ3n) is 2.78. The monoisotopic (exact) mass is 260 g/mol. The number of aromatic nitrogens is 2. The van der Waals surface area contributed by atoms with Gasteiger partial charge in [-0.25, -0.2) is 0 Å². The molecule has 1 aliphatic rings. The van der Waals surface area contributed by atoms with Crippen molar-refractivity contribution in [1.82, 2.24) is 20.4 Å². The fourth-order valence-electron chi connectivity index (χ4n) is 1.83. The molecule has 1 aromatic rings. The summed E-state index contributed by atoms with van der Waals surface area (Å²) in [6.07, 6.45) is 1.19. The Morgan fingerprint density at radius 1 is 1.35 bits per heavy atom. The van der Waals surface area contributed by atoms with Crippen molar-refractivity contribution in [2.24, 2.45) is 0 Å². The summed E-state index contributed by atoms with van der Waals surface area (Å²) < 4.78 is 5.20. The Bertz CT molecular complexity index is 321. The lowest BCUT2D eigenvalue weighted by Crippen LogP contribution is -2.28. The van der Waals surface area contributed by atoms with Gasteiger partial charge in [0.1, 0.15) is 0 Å². The van der Waals surface area contributed by atoms with Gasteiger partial charge in [-0.2, -0.15) is 4.98 Å². The topological polar surface area (TPSA) is 54.2 Å². The summed E-state index contributed by atoms with van der Waals surface area (Å²) in [5.41, 5.74) is 0. The lowest BCUT2D eigenvalue weighted by atomic mass is 10.2. The van der Waals surface area contributed by atoms with Gasteiger partial charge >= 0.3 is 0 Å². The summed E-state index contributed by atoms with van der Waals surface area (Å²) in [6, 6.07) is 0. The van der Waals surface area contributed by atoms with Gasteiger partial charge in [-0.05, 0) is 19.5 Å². The second-order valence-corrected chi connectivity index (χ2v) is 4.58. The molecule has 1 N–H and O–H groups in total. The number of rotatable bonds is 3. The summed E-state index contributed by atoms with van der Waals surface area (Å²) in [4.78, 5) is 6.76. The van der Waals surface area contributed by atoms with Gasteiger partial charge in [0, 0.05) is 19.0 Å². The molecule has 1 fully saturated rings. The molecule has 0 atom stereocenters. The average molecular weight is 261 g/mol. The highest BCUT2D eigenvalue weighted by Gasteiger charge is 2.14. The maximum atomic E-state index is 5.20. The van der Waals surface area contributed by atoms with Crippen molar-refractivity contribution in [3.8, 4) is 0 Å². The minimum atomic E-state index is 0. The van der Waals surface area contributed by atoms with E-state index in [1.54, 1.807) is 0 Å². The van der Waals surface area contributed by atoms with Crippen molar-refractivity contribution in [1.29, 1.82) is 0 Å². The molecule has 6 heteroatoms. The quantitative estimate of drug-likeness (QED) is 0.891. The van der Waals surface area contributed by atoms with E-state index in [2.05, 4.69) is 34.2 Å². The predicted octanol–water partition coefficient (Wildman–Crippen LogP) is 1.41. The van der Waals surface area contributed by atoms with E-state index < -0.39 is 0 Å². The molecule has 5 nitrogen and oxygen atoms in total. The molecule has 2 heterocycles. The first kappa shape index (κ1) is 14.4. The number of nitrogens with one attached hydrogen (secondary N) is 1. The molecule has 0 spiro atoms. The van der Waals surface area contributed by atoms with Crippen LogP contribution in [0.25, 0.3) is 0 Å². The van der Waals surface area contributed by atoms with Gasteiger partial charge in [-0.1, -0.05) is 19.0 Å². The molecule has 1 saturated heterocycles. The average Bonchev–Trinajstić information content (AvgIpc) is 2.56. The SMILES string of the molecule is CC(C)c1nc(CN2CCCNCC2)no1.Cl. The van der Waals surface area contributed by atoms with Crippen LogP contribution >= 0.6 is 12.4 Å². The van der Waals surface area contributed by atoms with E-state index >= 15 is 0 Å². The zero-order valence-electron chi connectivity index (χ0n) is 10.5. The van der Waals surface area contributed by atoms with Crippen molar-refractivity contribution in [3.05, 3.63) is 11.7 Å². The fourth-order valence-corrected chi connectivity index (χ4v) is 1.83. The Morgan fingerprint density at radius 3 is 2.88 bits per heavy atom. The Balaban J connectivity index is 0.00000144. The van der Waals surface area contributed by atoms with Crippen LogP contribution in [0.5, 0.6) is 0 Å². The Kier molecular flexibility index (Phi) is 5.88. The summed E-state index contributed by atoms with van der Waals surface area (Å²) in [7, 11) is 0. The molecule has 0 bridgehead atoms. The Hall–Kier alpha value is -0.650. The van der Waals surface area contributed by atoms with Crippen molar-refractivity contribution in [2.45, 2.75) is 32.7 Å². The molecule has 0 saturated carbocycles. The number of hydrogen-bond donors (Lipinski definition) is 1. The molecule has 0 aromatic carbocycles. The molecule has 1 aromatic heterocycles. The maximum absolute atomic E-state index is 5.20. The number of nitrogens with zero attached hydrogens (tertiary/aromatic N) is 3. The van der Waals surface area contributed by atoms with Crippen molar-refractivity contribution >= 4 is 12.4 Å². The summed E-state index contributed by atoms with van der Waals surface area (Å²) in [6.45, 7) is 9.26. The molecule has 17 heavy (non-hydrogen) atoms. The smallest absolute Gasteiger partial charge is 0.229 e. The van der Waals surface area contributed by atoms with Crippen LogP contribution in [0.3, 0.4) is 0 Å². The van der Waals surface area contributed by atoms with Crippen LogP contribution in [0, 0.1) is 0 Å². The van der Waals surface area contributed by atoms with E-state index in [9.17, 15) is 0 Å². The van der Waals surface area contributed by atoms with Crippen molar-refractivity contribution < 1.29 is 4.52 Å². The summed E-state index contributed by atoms with van der Waals surface area (Å²) in [5, 5.41) is 7.39. The molecule has 0 unspecified atom stereocenters. The van der Waals surface area contributed by atoms with E-state index in [-0.39, 0.29) is 12.4 Å². The van der Waals surface area contributed by atoms with E-state index in [0.29, 0.717) is 5.92 Å². The predicted molar refractivity (Wildman–Crippen MR) is 68.4 cm³/mol. The Morgan fingerprint density at radius 2 is 2.18 bits per heavy atom. The zero-order chi connectivity index (χ0) is 11.4. The van der Waals surface area contributed by atoms with E-state index in [0.717, 1.165) is 44.4 Å². The van der Waals surface area contributed by atoms with Gasteiger partial charge in [0.15, 0.2) is 5.82 Å². The standard InChI is InChI=1S/C11H20N4O.ClH/c1-9(2)11-13-10(14-16-11)8-15-6-3-4-12-5-7-15;/h9,12H,3-8H2,1-2H3;1H. The minimum Gasteiger partial charge on any atom is -0.339 e. The van der Waals surface area contributed by atoms with Crippen LogP contribution in [0.2, 0.25) is 0 Å². The normalized spacial score (nSPS) is 17.8. The maximum Gasteiger partial charge on any atom is 0.229 e. The van der Waals surface area contributed by atoms with Crippen LogP contribution in [0.15, 0.2) is 4.52 Å². The van der Waals surface area contributed by atoms with Gasteiger partial charge in [-0.15, -0.1) is 12.4 Å². The highest BCUT2D eigenvalue weighted by atomic mass is 35.5. The summed E-state index contributed by atoms with van der Waals surface area (Å²) in [5.74, 6) is 1.86. The number of halogens is 1. The molecule has 0 radical (unpaired) electrons. The second kappa shape index (κ2) is 6.93. The van der Waals surface area contributed by atoms with Gasteiger partial charge in [0.2, 0.25) is 5.89 Å². The van der Waals surface area contributed by atoms with Crippen molar-refractivity contribution in [3.63, 3.8) is 0 Å². The first-order valence-electron chi connectivity index (χ1n) is 6.01. The molecule has 0 amide bonds. The largest absolute Gasteiger partial charge is 0.339 e. The van der Waals surface area contributed by atoms with Crippen LogP contribution < -0.4 is 5.32 Å². The van der Waals surface area contributed by atoms with Gasteiger partial charge in [0.05, 0.1) is 6.54 Å². The van der Waals surface area contributed by atoms with Crippen LogP contribution in [-0.2, 0) is 6.54 Å². The molecular formula is C11H21ClN4O. The van der Waals surface area contributed by atoms with E-state index in [1.807, 2.05) is 0 Å².